The number of aliphatic hydroxyl groups is 1. The summed E-state index contributed by atoms with van der Waals surface area (Å²) >= 11 is 0. The molecule has 1 amide bonds. The number of carbonyl (C=O) groups excluding carboxylic acids is 1. The zero-order valence-corrected chi connectivity index (χ0v) is 8.97. The van der Waals surface area contributed by atoms with Crippen molar-refractivity contribution in [2.24, 2.45) is 0 Å². The molecule has 0 bridgehead atoms. The summed E-state index contributed by atoms with van der Waals surface area (Å²) in [6, 6.07) is 3.62. The van der Waals surface area contributed by atoms with Gasteiger partial charge >= 0.3 is 0 Å². The molecule has 88 valence electrons. The Hall–Kier alpha value is -1.75. The normalized spacial score (nSPS) is 12.1. The molecule has 0 heterocycles. The minimum absolute atomic E-state index is 0.145. The summed E-state index contributed by atoms with van der Waals surface area (Å²) in [5, 5.41) is 30.1. The summed E-state index contributed by atoms with van der Waals surface area (Å²) in [7, 11) is 0. The van der Waals surface area contributed by atoms with E-state index in [2.05, 4.69) is 5.32 Å². The van der Waals surface area contributed by atoms with Crippen LogP contribution in [0.15, 0.2) is 18.2 Å². The lowest BCUT2D eigenvalue weighted by atomic mass is 10.2. The second-order valence-corrected chi connectivity index (χ2v) is 3.51. The number of phenolic OH excluding ortho intramolecular Hbond substituents is 2. The van der Waals surface area contributed by atoms with Crippen molar-refractivity contribution < 1.29 is 20.1 Å². The van der Waals surface area contributed by atoms with Gasteiger partial charge in [-0.15, -0.1) is 0 Å². The van der Waals surface area contributed by atoms with E-state index < -0.39 is 12.0 Å². The summed E-state index contributed by atoms with van der Waals surface area (Å²) in [6.45, 7) is 1.95. The van der Waals surface area contributed by atoms with Crippen LogP contribution >= 0.6 is 0 Å². The predicted molar refractivity (Wildman–Crippen MR) is 58.4 cm³/mol. The fraction of sp³-hybridized carbons (Fsp3) is 0.364. The monoisotopic (exact) mass is 225 g/mol. The van der Waals surface area contributed by atoms with Crippen LogP contribution in [0.1, 0.15) is 23.7 Å². The van der Waals surface area contributed by atoms with Crippen LogP contribution in [0, 0.1) is 0 Å². The molecule has 1 atom stereocenters. The van der Waals surface area contributed by atoms with Gasteiger partial charge in [0.2, 0.25) is 0 Å². The highest BCUT2D eigenvalue weighted by Crippen LogP contribution is 2.20. The lowest BCUT2D eigenvalue weighted by molar-refractivity contribution is 0.0913. The number of rotatable bonds is 4. The Morgan fingerprint density at radius 2 is 1.88 bits per heavy atom. The van der Waals surface area contributed by atoms with Crippen LogP contribution in [0.2, 0.25) is 0 Å². The third kappa shape index (κ3) is 3.43. The van der Waals surface area contributed by atoms with Crippen molar-refractivity contribution in [2.75, 3.05) is 6.54 Å². The van der Waals surface area contributed by atoms with Crippen LogP contribution in [0.25, 0.3) is 0 Å². The van der Waals surface area contributed by atoms with Crippen LogP contribution in [0.5, 0.6) is 11.5 Å². The van der Waals surface area contributed by atoms with Crippen molar-refractivity contribution >= 4 is 5.91 Å². The predicted octanol–water partition coefficient (Wildman–Crippen LogP) is 0.599. The summed E-state index contributed by atoms with van der Waals surface area (Å²) < 4.78 is 0. The Labute approximate surface area is 93.4 Å². The standard InChI is InChI=1S/C11H15NO4/c1-2-8(13)6-12-11(16)7-3-9(14)5-10(15)4-7/h3-5,8,13-15H,2,6H2,1H3,(H,12,16). The third-order valence-electron chi connectivity index (χ3n) is 2.13. The second kappa shape index (κ2) is 5.37. The molecule has 0 aromatic heterocycles. The van der Waals surface area contributed by atoms with Crippen LogP contribution in [-0.4, -0.2) is 33.9 Å². The van der Waals surface area contributed by atoms with Gasteiger partial charge in [0.1, 0.15) is 11.5 Å². The molecule has 0 aliphatic rings. The molecule has 0 saturated heterocycles. The molecule has 1 unspecified atom stereocenters. The molecule has 1 aromatic carbocycles. The van der Waals surface area contributed by atoms with Crippen molar-refractivity contribution in [1.82, 2.24) is 5.32 Å². The third-order valence-corrected chi connectivity index (χ3v) is 2.13. The molecular formula is C11H15NO4. The zero-order valence-electron chi connectivity index (χ0n) is 8.97. The first-order valence-corrected chi connectivity index (χ1v) is 5.02. The molecule has 1 aromatic rings. The van der Waals surface area contributed by atoms with Crippen molar-refractivity contribution in [3.8, 4) is 11.5 Å². The second-order valence-electron chi connectivity index (χ2n) is 3.51. The first-order valence-electron chi connectivity index (χ1n) is 5.02. The highest BCUT2D eigenvalue weighted by molar-refractivity contribution is 5.95. The van der Waals surface area contributed by atoms with E-state index in [1.165, 1.54) is 12.1 Å². The maximum atomic E-state index is 11.5. The van der Waals surface area contributed by atoms with Crippen molar-refractivity contribution in [1.29, 1.82) is 0 Å². The first kappa shape index (κ1) is 12.3. The maximum absolute atomic E-state index is 11.5. The number of carbonyl (C=O) groups is 1. The topological polar surface area (TPSA) is 89.8 Å². The van der Waals surface area contributed by atoms with Gasteiger partial charge in [-0.25, -0.2) is 0 Å². The average molecular weight is 225 g/mol. The van der Waals surface area contributed by atoms with E-state index in [4.69, 9.17) is 0 Å². The van der Waals surface area contributed by atoms with Crippen LogP contribution in [-0.2, 0) is 0 Å². The maximum Gasteiger partial charge on any atom is 0.251 e. The van der Waals surface area contributed by atoms with E-state index in [1.54, 1.807) is 6.92 Å². The molecule has 5 heteroatoms. The lowest BCUT2D eigenvalue weighted by Gasteiger charge is -2.09. The van der Waals surface area contributed by atoms with Gasteiger partial charge in [-0.2, -0.15) is 0 Å². The minimum atomic E-state index is -0.588. The Morgan fingerprint density at radius 1 is 1.31 bits per heavy atom. The van der Waals surface area contributed by atoms with E-state index in [0.717, 1.165) is 6.07 Å². The molecule has 0 spiro atoms. The van der Waals surface area contributed by atoms with Gasteiger partial charge < -0.3 is 20.6 Å². The number of amides is 1. The molecule has 5 nitrogen and oxygen atoms in total. The number of phenols is 2. The lowest BCUT2D eigenvalue weighted by Crippen LogP contribution is -2.31. The van der Waals surface area contributed by atoms with E-state index in [0.29, 0.717) is 6.42 Å². The van der Waals surface area contributed by atoms with Crippen molar-refractivity contribution in [3.63, 3.8) is 0 Å². The fourth-order valence-electron chi connectivity index (χ4n) is 1.18. The van der Waals surface area contributed by atoms with E-state index in [1.807, 2.05) is 0 Å². The first-order chi connectivity index (χ1) is 7.52. The Morgan fingerprint density at radius 3 is 2.38 bits per heavy atom. The van der Waals surface area contributed by atoms with Gasteiger partial charge in [0.05, 0.1) is 6.10 Å². The van der Waals surface area contributed by atoms with E-state index in [9.17, 15) is 20.1 Å². The summed E-state index contributed by atoms with van der Waals surface area (Å²) in [5.74, 6) is -0.805. The molecule has 0 radical (unpaired) electrons. The van der Waals surface area contributed by atoms with E-state index in [-0.39, 0.29) is 23.6 Å². The average Bonchev–Trinajstić information content (AvgIpc) is 2.23. The number of nitrogens with one attached hydrogen (secondary N) is 1. The number of aromatic hydroxyl groups is 2. The highest BCUT2D eigenvalue weighted by atomic mass is 16.3. The Bertz CT molecular complexity index is 358. The quantitative estimate of drug-likeness (QED) is 0.604. The molecule has 0 fully saturated rings. The summed E-state index contributed by atoms with van der Waals surface area (Å²) in [5.41, 5.74) is 0.154. The number of hydrogen-bond acceptors (Lipinski definition) is 4. The molecular weight excluding hydrogens is 210 g/mol. The minimum Gasteiger partial charge on any atom is -0.508 e. The Kier molecular flexibility index (Phi) is 4.13. The van der Waals surface area contributed by atoms with Gasteiger partial charge in [-0.05, 0) is 18.6 Å². The number of benzene rings is 1. The number of hydrogen-bond donors (Lipinski definition) is 4. The fourth-order valence-corrected chi connectivity index (χ4v) is 1.18. The van der Waals surface area contributed by atoms with Crippen molar-refractivity contribution in [2.45, 2.75) is 19.4 Å². The smallest absolute Gasteiger partial charge is 0.251 e. The summed E-state index contributed by atoms with van der Waals surface area (Å²) in [6.07, 6.45) is -0.0409. The van der Waals surface area contributed by atoms with Gasteiger partial charge in [0.25, 0.3) is 5.91 Å². The molecule has 0 saturated carbocycles. The van der Waals surface area contributed by atoms with Crippen LogP contribution < -0.4 is 5.32 Å². The van der Waals surface area contributed by atoms with Gasteiger partial charge in [0, 0.05) is 18.2 Å². The molecule has 1 rings (SSSR count). The summed E-state index contributed by atoms with van der Waals surface area (Å²) in [4.78, 5) is 11.5. The van der Waals surface area contributed by atoms with Gasteiger partial charge in [0.15, 0.2) is 0 Å². The van der Waals surface area contributed by atoms with Gasteiger partial charge in [-0.1, -0.05) is 6.92 Å². The Balaban J connectivity index is 2.66. The SMILES string of the molecule is CCC(O)CNC(=O)c1cc(O)cc(O)c1. The van der Waals surface area contributed by atoms with Crippen LogP contribution in [0.3, 0.4) is 0 Å². The van der Waals surface area contributed by atoms with E-state index >= 15 is 0 Å². The van der Waals surface area contributed by atoms with Crippen LogP contribution in [0.4, 0.5) is 0 Å². The largest absolute Gasteiger partial charge is 0.508 e. The molecule has 0 aliphatic heterocycles. The van der Waals surface area contributed by atoms with Gasteiger partial charge in [-0.3, -0.25) is 4.79 Å². The molecule has 0 aliphatic carbocycles. The highest BCUT2D eigenvalue weighted by Gasteiger charge is 2.09. The zero-order chi connectivity index (χ0) is 12.1. The molecule has 4 N–H and O–H groups in total. The van der Waals surface area contributed by atoms with Crippen molar-refractivity contribution in [3.05, 3.63) is 23.8 Å². The molecule has 16 heavy (non-hydrogen) atoms. The number of aliphatic hydroxyl groups excluding tert-OH is 1.